The monoisotopic (exact) mass is 295 g/mol. The van der Waals surface area contributed by atoms with Crippen LogP contribution < -0.4 is 5.32 Å². The number of likely N-dealkylation sites (N-methyl/N-ethyl adjacent to an activating group) is 1. The van der Waals surface area contributed by atoms with Crippen molar-refractivity contribution in [1.82, 2.24) is 24.9 Å². The Morgan fingerprint density at radius 1 is 1.30 bits per heavy atom. The highest BCUT2D eigenvalue weighted by Gasteiger charge is 2.20. The average Bonchev–Trinajstić information content (AvgIpc) is 2.84. The normalized spacial score (nSPS) is 12.9. The van der Waals surface area contributed by atoms with Crippen LogP contribution in [0, 0.1) is 13.8 Å². The van der Waals surface area contributed by atoms with Crippen molar-refractivity contribution in [2.24, 2.45) is 14.1 Å². The van der Waals surface area contributed by atoms with E-state index in [1.54, 1.807) is 0 Å². The molecule has 0 amide bonds. The molecule has 0 spiro atoms. The molecule has 1 N–H and O–H groups in total. The number of aromatic nitrogens is 4. The van der Waals surface area contributed by atoms with Crippen molar-refractivity contribution in [2.75, 3.05) is 6.54 Å². The van der Waals surface area contributed by atoms with Crippen molar-refractivity contribution in [1.29, 1.82) is 0 Å². The minimum absolute atomic E-state index is 0.195. The van der Waals surface area contributed by atoms with Gasteiger partial charge in [0, 0.05) is 37.8 Å². The molecule has 20 heavy (non-hydrogen) atoms. The van der Waals surface area contributed by atoms with Crippen LogP contribution in [0.3, 0.4) is 0 Å². The number of nitrogens with one attached hydrogen (secondary N) is 1. The molecule has 2 heterocycles. The first kappa shape index (κ1) is 15.1. The standard InChI is InChI=1S/C14H22ClN5/c1-6-16-12(11-8-17-19(4)10(11)3)7-13-14(15)9(2)18-20(13)5/h8,12,16H,6-7H2,1-5H3. The third-order valence-electron chi connectivity index (χ3n) is 3.76. The maximum atomic E-state index is 6.36. The van der Waals surface area contributed by atoms with Gasteiger partial charge in [0.2, 0.25) is 0 Å². The predicted octanol–water partition coefficient (Wildman–Crippen LogP) is 2.32. The lowest BCUT2D eigenvalue weighted by atomic mass is 10.0. The van der Waals surface area contributed by atoms with Crippen LogP contribution in [-0.4, -0.2) is 26.1 Å². The first-order chi connectivity index (χ1) is 9.45. The second kappa shape index (κ2) is 5.97. The number of hydrogen-bond donors (Lipinski definition) is 1. The molecule has 1 unspecified atom stereocenters. The van der Waals surface area contributed by atoms with Crippen LogP contribution in [0.15, 0.2) is 6.20 Å². The van der Waals surface area contributed by atoms with E-state index in [0.29, 0.717) is 0 Å². The molecule has 2 rings (SSSR count). The van der Waals surface area contributed by atoms with Crippen molar-refractivity contribution >= 4 is 11.6 Å². The fraction of sp³-hybridized carbons (Fsp3) is 0.571. The highest BCUT2D eigenvalue weighted by molar-refractivity contribution is 6.31. The average molecular weight is 296 g/mol. The Morgan fingerprint density at radius 2 is 2.00 bits per heavy atom. The molecule has 0 saturated carbocycles. The van der Waals surface area contributed by atoms with E-state index < -0.39 is 0 Å². The number of rotatable bonds is 5. The second-order valence-corrected chi connectivity index (χ2v) is 5.47. The summed E-state index contributed by atoms with van der Waals surface area (Å²) in [6, 6.07) is 0.195. The zero-order chi connectivity index (χ0) is 14.9. The lowest BCUT2D eigenvalue weighted by molar-refractivity contribution is 0.525. The molecule has 2 aromatic rings. The molecule has 0 fully saturated rings. The summed E-state index contributed by atoms with van der Waals surface area (Å²) in [5, 5.41) is 13.0. The van der Waals surface area contributed by atoms with E-state index in [0.717, 1.165) is 29.4 Å². The quantitative estimate of drug-likeness (QED) is 0.921. The third kappa shape index (κ3) is 2.74. The van der Waals surface area contributed by atoms with Crippen LogP contribution in [0.25, 0.3) is 0 Å². The van der Waals surface area contributed by atoms with E-state index in [9.17, 15) is 0 Å². The lowest BCUT2D eigenvalue weighted by Gasteiger charge is -2.18. The van der Waals surface area contributed by atoms with Crippen LogP contribution in [-0.2, 0) is 20.5 Å². The van der Waals surface area contributed by atoms with Crippen LogP contribution in [0.5, 0.6) is 0 Å². The van der Waals surface area contributed by atoms with Gasteiger partial charge in [-0.25, -0.2) is 0 Å². The van der Waals surface area contributed by atoms with Crippen LogP contribution in [0.2, 0.25) is 5.02 Å². The minimum atomic E-state index is 0.195. The van der Waals surface area contributed by atoms with Crippen molar-refractivity contribution in [3.05, 3.63) is 33.9 Å². The molecular weight excluding hydrogens is 274 g/mol. The molecule has 0 aliphatic rings. The summed E-state index contributed by atoms with van der Waals surface area (Å²) in [7, 11) is 3.90. The smallest absolute Gasteiger partial charge is 0.0847 e. The molecule has 6 heteroatoms. The van der Waals surface area contributed by atoms with Gasteiger partial charge in [0.15, 0.2) is 0 Å². The Morgan fingerprint density at radius 3 is 2.45 bits per heavy atom. The lowest BCUT2D eigenvalue weighted by Crippen LogP contribution is -2.24. The topological polar surface area (TPSA) is 47.7 Å². The zero-order valence-electron chi connectivity index (χ0n) is 12.7. The molecule has 5 nitrogen and oxygen atoms in total. The van der Waals surface area contributed by atoms with Gasteiger partial charge >= 0.3 is 0 Å². The third-order valence-corrected chi connectivity index (χ3v) is 4.25. The van der Waals surface area contributed by atoms with Crippen molar-refractivity contribution in [3.8, 4) is 0 Å². The SMILES string of the molecule is CCNC(Cc1c(Cl)c(C)nn1C)c1cnn(C)c1C. The van der Waals surface area contributed by atoms with Gasteiger partial charge in [0.25, 0.3) is 0 Å². The largest absolute Gasteiger partial charge is 0.310 e. The van der Waals surface area contributed by atoms with Crippen LogP contribution >= 0.6 is 11.6 Å². The van der Waals surface area contributed by atoms with Gasteiger partial charge in [0.1, 0.15) is 0 Å². The van der Waals surface area contributed by atoms with Gasteiger partial charge in [0.05, 0.1) is 22.6 Å². The van der Waals surface area contributed by atoms with Crippen LogP contribution in [0.1, 0.15) is 35.6 Å². The van der Waals surface area contributed by atoms with Crippen molar-refractivity contribution in [2.45, 2.75) is 33.2 Å². The first-order valence-corrected chi connectivity index (χ1v) is 7.23. The molecule has 0 saturated heterocycles. The second-order valence-electron chi connectivity index (χ2n) is 5.09. The van der Waals surface area contributed by atoms with E-state index in [-0.39, 0.29) is 6.04 Å². The van der Waals surface area contributed by atoms with E-state index >= 15 is 0 Å². The summed E-state index contributed by atoms with van der Waals surface area (Å²) in [6.07, 6.45) is 2.73. The highest BCUT2D eigenvalue weighted by Crippen LogP contribution is 2.26. The summed E-state index contributed by atoms with van der Waals surface area (Å²) in [4.78, 5) is 0. The first-order valence-electron chi connectivity index (χ1n) is 6.85. The summed E-state index contributed by atoms with van der Waals surface area (Å²) < 4.78 is 3.77. The molecule has 0 bridgehead atoms. The van der Waals surface area contributed by atoms with E-state index in [4.69, 9.17) is 11.6 Å². The maximum Gasteiger partial charge on any atom is 0.0847 e. The highest BCUT2D eigenvalue weighted by atomic mass is 35.5. The van der Waals surface area contributed by atoms with Crippen LogP contribution in [0.4, 0.5) is 0 Å². The van der Waals surface area contributed by atoms with Gasteiger partial charge < -0.3 is 5.32 Å². The molecule has 0 radical (unpaired) electrons. The van der Waals surface area contributed by atoms with Gasteiger partial charge in [-0.3, -0.25) is 9.36 Å². The van der Waals surface area contributed by atoms with Crippen molar-refractivity contribution < 1.29 is 0 Å². The van der Waals surface area contributed by atoms with Gasteiger partial charge in [-0.2, -0.15) is 10.2 Å². The Labute approximate surface area is 124 Å². The molecular formula is C14H22ClN5. The Hall–Kier alpha value is -1.33. The van der Waals surface area contributed by atoms with E-state index in [1.165, 1.54) is 11.3 Å². The van der Waals surface area contributed by atoms with Gasteiger partial charge in [-0.15, -0.1) is 0 Å². The summed E-state index contributed by atoms with van der Waals surface area (Å²) in [6.45, 7) is 7.02. The molecule has 0 aliphatic heterocycles. The summed E-state index contributed by atoms with van der Waals surface area (Å²) >= 11 is 6.36. The fourth-order valence-electron chi connectivity index (χ4n) is 2.49. The summed E-state index contributed by atoms with van der Waals surface area (Å²) in [5.41, 5.74) is 4.32. The van der Waals surface area contributed by atoms with Gasteiger partial charge in [-0.1, -0.05) is 18.5 Å². The molecule has 0 aliphatic carbocycles. The molecule has 110 valence electrons. The van der Waals surface area contributed by atoms with Gasteiger partial charge in [-0.05, 0) is 20.4 Å². The number of halogens is 1. The number of nitrogens with zero attached hydrogens (tertiary/aromatic N) is 4. The van der Waals surface area contributed by atoms with E-state index in [2.05, 4.69) is 29.4 Å². The molecule has 1 atom stereocenters. The fourth-order valence-corrected chi connectivity index (χ4v) is 2.73. The Balaban J connectivity index is 2.32. The predicted molar refractivity (Wildman–Crippen MR) is 81.0 cm³/mol. The number of hydrogen-bond acceptors (Lipinski definition) is 3. The summed E-state index contributed by atoms with van der Waals surface area (Å²) in [5.74, 6) is 0. The molecule has 2 aromatic heterocycles. The van der Waals surface area contributed by atoms with E-state index in [1.807, 2.05) is 36.6 Å². The molecule has 0 aromatic carbocycles. The zero-order valence-corrected chi connectivity index (χ0v) is 13.5. The minimum Gasteiger partial charge on any atom is -0.310 e. The Kier molecular flexibility index (Phi) is 4.50. The Bertz CT molecular complexity index is 599. The maximum absolute atomic E-state index is 6.36. The van der Waals surface area contributed by atoms with Crippen molar-refractivity contribution in [3.63, 3.8) is 0 Å². The number of aryl methyl sites for hydroxylation is 3.